The van der Waals surface area contributed by atoms with E-state index in [1.165, 1.54) is 7.11 Å². The average molecular weight is 209 g/mol. The summed E-state index contributed by atoms with van der Waals surface area (Å²) in [4.78, 5) is 15.3. The van der Waals surface area contributed by atoms with Crippen LogP contribution in [0.2, 0.25) is 0 Å². The van der Waals surface area contributed by atoms with Gasteiger partial charge in [0.2, 0.25) is 0 Å². The summed E-state index contributed by atoms with van der Waals surface area (Å²) in [5, 5.41) is 0. The van der Waals surface area contributed by atoms with E-state index in [-0.39, 0.29) is 0 Å². The molecular formula is C11H15NO3. The van der Waals surface area contributed by atoms with Gasteiger partial charge in [-0.3, -0.25) is 0 Å². The minimum atomic E-state index is -0.401. The van der Waals surface area contributed by atoms with Crippen LogP contribution in [0.5, 0.6) is 0 Å². The lowest BCUT2D eigenvalue weighted by molar-refractivity contribution is 0.0592. The van der Waals surface area contributed by atoms with Crippen molar-refractivity contribution in [2.24, 2.45) is 0 Å². The largest absolute Gasteiger partial charge is 0.464 e. The Bertz CT molecular complexity index is 325. The Morgan fingerprint density at radius 2 is 2.33 bits per heavy atom. The van der Waals surface area contributed by atoms with Crippen LogP contribution in [0.25, 0.3) is 0 Å². The quantitative estimate of drug-likeness (QED) is 0.544. The smallest absolute Gasteiger partial charge is 0.356 e. The van der Waals surface area contributed by atoms with E-state index in [9.17, 15) is 4.79 Å². The maximum Gasteiger partial charge on any atom is 0.356 e. The maximum absolute atomic E-state index is 11.3. The average Bonchev–Trinajstić information content (AvgIpc) is 2.29. The number of hydrogen-bond acceptors (Lipinski definition) is 4. The van der Waals surface area contributed by atoms with Gasteiger partial charge in [0.1, 0.15) is 0 Å². The summed E-state index contributed by atoms with van der Waals surface area (Å²) >= 11 is 0. The molecule has 0 fully saturated rings. The van der Waals surface area contributed by atoms with Crippen molar-refractivity contribution in [3.8, 4) is 0 Å². The molecule has 0 aromatic carbocycles. The molecule has 0 unspecified atom stereocenters. The number of hydrogen-bond donors (Lipinski definition) is 0. The van der Waals surface area contributed by atoms with Crippen LogP contribution in [0.3, 0.4) is 0 Å². The fourth-order valence-corrected chi connectivity index (χ4v) is 1.25. The Morgan fingerprint density at radius 1 is 1.53 bits per heavy atom. The van der Waals surface area contributed by atoms with Gasteiger partial charge in [-0.2, -0.15) is 0 Å². The fraction of sp³-hybridized carbons (Fsp3) is 0.455. The lowest BCUT2D eigenvalue weighted by Crippen LogP contribution is -2.10. The lowest BCUT2D eigenvalue weighted by Gasteiger charge is -2.06. The number of methoxy groups -OCH3 is 1. The highest BCUT2D eigenvalue weighted by molar-refractivity contribution is 5.88. The number of nitrogens with zero attached hydrogens (tertiary/aromatic N) is 1. The molecule has 0 N–H and O–H groups in total. The van der Waals surface area contributed by atoms with Crippen molar-refractivity contribution in [1.82, 2.24) is 4.98 Å². The second kappa shape index (κ2) is 6.14. The summed E-state index contributed by atoms with van der Waals surface area (Å²) < 4.78 is 9.87. The molecule has 0 radical (unpaired) electrons. The first-order valence-corrected chi connectivity index (χ1v) is 4.89. The van der Waals surface area contributed by atoms with Crippen molar-refractivity contribution < 1.29 is 14.3 Å². The number of aromatic nitrogens is 1. The van der Waals surface area contributed by atoms with E-state index < -0.39 is 5.97 Å². The number of carbonyl (C=O) groups excluding carboxylic acids is 1. The van der Waals surface area contributed by atoms with Crippen LogP contribution in [0, 0.1) is 0 Å². The zero-order chi connectivity index (χ0) is 11.1. The van der Waals surface area contributed by atoms with Crippen molar-refractivity contribution in [1.29, 1.82) is 0 Å². The molecule has 0 spiro atoms. The molecule has 0 atom stereocenters. The standard InChI is InChI=1S/C11H15NO3/c1-3-15-8-6-9-5-4-7-12-10(9)11(13)14-2/h4-5,7H,3,6,8H2,1-2H3. The van der Waals surface area contributed by atoms with Gasteiger partial charge in [-0.1, -0.05) is 6.07 Å². The van der Waals surface area contributed by atoms with E-state index in [2.05, 4.69) is 9.72 Å². The Balaban J connectivity index is 2.73. The molecule has 1 rings (SSSR count). The molecule has 1 heterocycles. The van der Waals surface area contributed by atoms with Crippen molar-refractivity contribution in [3.63, 3.8) is 0 Å². The summed E-state index contributed by atoms with van der Waals surface area (Å²) in [6, 6.07) is 3.66. The van der Waals surface area contributed by atoms with Gasteiger partial charge in [-0.15, -0.1) is 0 Å². The van der Waals surface area contributed by atoms with Crippen molar-refractivity contribution in [2.45, 2.75) is 13.3 Å². The number of ether oxygens (including phenoxy) is 2. The molecule has 0 saturated carbocycles. The Kier molecular flexibility index (Phi) is 4.77. The maximum atomic E-state index is 11.3. The van der Waals surface area contributed by atoms with Crippen LogP contribution in [0.4, 0.5) is 0 Å². The second-order valence-electron chi connectivity index (χ2n) is 2.95. The Hall–Kier alpha value is -1.42. The molecule has 1 aromatic heterocycles. The molecular weight excluding hydrogens is 194 g/mol. The highest BCUT2D eigenvalue weighted by Crippen LogP contribution is 2.07. The molecule has 0 aliphatic carbocycles. The molecule has 0 saturated heterocycles. The van der Waals surface area contributed by atoms with E-state index in [0.29, 0.717) is 25.3 Å². The summed E-state index contributed by atoms with van der Waals surface area (Å²) in [5.74, 6) is -0.401. The summed E-state index contributed by atoms with van der Waals surface area (Å²) in [7, 11) is 1.35. The molecule has 1 aromatic rings. The van der Waals surface area contributed by atoms with Gasteiger partial charge in [-0.05, 0) is 25.0 Å². The number of carbonyl (C=O) groups is 1. The minimum absolute atomic E-state index is 0.375. The third-order valence-electron chi connectivity index (χ3n) is 1.99. The zero-order valence-electron chi connectivity index (χ0n) is 9.03. The molecule has 15 heavy (non-hydrogen) atoms. The van der Waals surface area contributed by atoms with E-state index in [1.807, 2.05) is 13.0 Å². The number of pyridine rings is 1. The third-order valence-corrected chi connectivity index (χ3v) is 1.99. The second-order valence-corrected chi connectivity index (χ2v) is 2.95. The Morgan fingerprint density at radius 3 is 3.00 bits per heavy atom. The van der Waals surface area contributed by atoms with Gasteiger partial charge in [0.25, 0.3) is 0 Å². The molecule has 0 bridgehead atoms. The van der Waals surface area contributed by atoms with E-state index in [1.54, 1.807) is 12.3 Å². The van der Waals surface area contributed by atoms with Gasteiger partial charge in [-0.25, -0.2) is 9.78 Å². The topological polar surface area (TPSA) is 48.4 Å². The fourth-order valence-electron chi connectivity index (χ4n) is 1.25. The summed E-state index contributed by atoms with van der Waals surface area (Å²) in [5.41, 5.74) is 1.23. The zero-order valence-corrected chi connectivity index (χ0v) is 9.03. The van der Waals surface area contributed by atoms with Crippen molar-refractivity contribution in [3.05, 3.63) is 29.6 Å². The first kappa shape index (κ1) is 11.7. The minimum Gasteiger partial charge on any atom is -0.464 e. The highest BCUT2D eigenvalue weighted by atomic mass is 16.5. The van der Waals surface area contributed by atoms with Gasteiger partial charge >= 0.3 is 5.97 Å². The van der Waals surface area contributed by atoms with Crippen molar-refractivity contribution in [2.75, 3.05) is 20.3 Å². The van der Waals surface area contributed by atoms with Crippen molar-refractivity contribution >= 4 is 5.97 Å². The van der Waals surface area contributed by atoms with Gasteiger partial charge in [0, 0.05) is 12.8 Å². The summed E-state index contributed by atoms with van der Waals surface area (Å²) in [6.45, 7) is 3.20. The van der Waals surface area contributed by atoms with Gasteiger partial charge in [0.15, 0.2) is 5.69 Å². The molecule has 4 nitrogen and oxygen atoms in total. The van der Waals surface area contributed by atoms with E-state index in [0.717, 1.165) is 5.56 Å². The SMILES string of the molecule is CCOCCc1cccnc1C(=O)OC. The predicted octanol–water partition coefficient (Wildman–Crippen LogP) is 1.45. The molecule has 4 heteroatoms. The molecule has 82 valence electrons. The normalized spacial score (nSPS) is 10.0. The predicted molar refractivity (Wildman–Crippen MR) is 55.8 cm³/mol. The highest BCUT2D eigenvalue weighted by Gasteiger charge is 2.11. The van der Waals surface area contributed by atoms with Crippen LogP contribution >= 0.6 is 0 Å². The van der Waals surface area contributed by atoms with Gasteiger partial charge < -0.3 is 9.47 Å². The first-order chi connectivity index (χ1) is 7.29. The molecule has 0 aliphatic rings. The molecule has 0 amide bonds. The van der Waals surface area contributed by atoms with Crippen LogP contribution in [-0.4, -0.2) is 31.3 Å². The number of rotatable bonds is 5. The monoisotopic (exact) mass is 209 g/mol. The van der Waals surface area contributed by atoms with Crippen LogP contribution < -0.4 is 0 Å². The van der Waals surface area contributed by atoms with Crippen LogP contribution in [0.1, 0.15) is 23.0 Å². The van der Waals surface area contributed by atoms with E-state index in [4.69, 9.17) is 4.74 Å². The summed E-state index contributed by atoms with van der Waals surface area (Å²) in [6.07, 6.45) is 2.25. The van der Waals surface area contributed by atoms with E-state index >= 15 is 0 Å². The van der Waals surface area contributed by atoms with Crippen LogP contribution in [0.15, 0.2) is 18.3 Å². The number of esters is 1. The Labute approximate surface area is 89.2 Å². The molecule has 0 aliphatic heterocycles. The first-order valence-electron chi connectivity index (χ1n) is 4.89. The lowest BCUT2D eigenvalue weighted by atomic mass is 10.1. The third kappa shape index (κ3) is 3.32. The van der Waals surface area contributed by atoms with Crippen LogP contribution in [-0.2, 0) is 15.9 Å². The van der Waals surface area contributed by atoms with Gasteiger partial charge in [0.05, 0.1) is 13.7 Å².